The first-order chi connectivity index (χ1) is 13.5. The summed E-state index contributed by atoms with van der Waals surface area (Å²) >= 11 is 5.88. The van der Waals surface area contributed by atoms with Crippen LogP contribution >= 0.6 is 11.6 Å². The minimum Gasteiger partial charge on any atom is -0.324 e. The normalized spacial score (nSPS) is 20.0. The summed E-state index contributed by atoms with van der Waals surface area (Å²) < 4.78 is 27.4. The first-order valence-electron chi connectivity index (χ1n) is 9.66. The summed E-state index contributed by atoms with van der Waals surface area (Å²) in [6.07, 6.45) is 5.44. The molecule has 0 spiro atoms. The molecule has 2 aromatic carbocycles. The molecule has 1 aliphatic heterocycles. The highest BCUT2D eigenvalue weighted by Crippen LogP contribution is 2.30. The van der Waals surface area contributed by atoms with Gasteiger partial charge in [-0.15, -0.1) is 0 Å². The molecule has 1 saturated heterocycles. The van der Waals surface area contributed by atoms with Gasteiger partial charge in [0, 0.05) is 17.3 Å². The molecule has 7 heteroatoms. The lowest BCUT2D eigenvalue weighted by Crippen LogP contribution is -2.43. The highest BCUT2D eigenvalue weighted by molar-refractivity contribution is 7.89. The van der Waals surface area contributed by atoms with Crippen LogP contribution in [0.5, 0.6) is 0 Å². The standard InChI is InChI=1S/C21H23ClN2O3S/c22-16-10-12-17(13-11-16)28(26,27)24-14-4-9-20(24)21(25)23-19-8-3-6-15-5-1-2-7-18(15)19/h3,6,8,10-13,20H,1-2,4-5,7,9,14H2,(H,23,25)/t20-/m0/s1. The number of carbonyl (C=O) groups is 1. The molecule has 1 amide bonds. The van der Waals surface area contributed by atoms with Gasteiger partial charge in [0.2, 0.25) is 15.9 Å². The van der Waals surface area contributed by atoms with Crippen molar-refractivity contribution in [3.8, 4) is 0 Å². The maximum atomic E-state index is 13.0. The zero-order chi connectivity index (χ0) is 19.7. The molecule has 0 bridgehead atoms. The van der Waals surface area contributed by atoms with E-state index < -0.39 is 16.1 Å². The smallest absolute Gasteiger partial charge is 0.243 e. The lowest BCUT2D eigenvalue weighted by molar-refractivity contribution is -0.119. The molecule has 1 heterocycles. The Balaban J connectivity index is 1.57. The van der Waals surface area contributed by atoms with Gasteiger partial charge in [0.25, 0.3) is 0 Å². The van der Waals surface area contributed by atoms with Crippen molar-refractivity contribution in [2.75, 3.05) is 11.9 Å². The van der Waals surface area contributed by atoms with Crippen molar-refractivity contribution in [1.29, 1.82) is 0 Å². The van der Waals surface area contributed by atoms with E-state index in [9.17, 15) is 13.2 Å². The average Bonchev–Trinajstić information content (AvgIpc) is 3.20. The molecule has 148 valence electrons. The SMILES string of the molecule is O=C(Nc1cccc2c1CCCC2)[C@@H]1CCCN1S(=O)(=O)c1ccc(Cl)cc1. The highest BCUT2D eigenvalue weighted by Gasteiger charge is 2.39. The van der Waals surface area contributed by atoms with E-state index in [-0.39, 0.29) is 10.8 Å². The topological polar surface area (TPSA) is 66.5 Å². The molecular formula is C21H23ClN2O3S. The van der Waals surface area contributed by atoms with Crippen LogP contribution in [0.1, 0.15) is 36.8 Å². The Morgan fingerprint density at radius 2 is 1.79 bits per heavy atom. The zero-order valence-corrected chi connectivity index (χ0v) is 17.1. The summed E-state index contributed by atoms with van der Waals surface area (Å²) in [5.41, 5.74) is 3.28. The second-order valence-corrected chi connectivity index (χ2v) is 9.69. The predicted molar refractivity (Wildman–Crippen MR) is 110 cm³/mol. The fourth-order valence-corrected chi connectivity index (χ4v) is 5.93. The molecule has 0 saturated carbocycles. The number of nitrogens with one attached hydrogen (secondary N) is 1. The summed E-state index contributed by atoms with van der Waals surface area (Å²) in [7, 11) is -3.75. The van der Waals surface area contributed by atoms with Crippen molar-refractivity contribution in [3.05, 3.63) is 58.6 Å². The molecular weight excluding hydrogens is 396 g/mol. The average molecular weight is 419 g/mol. The number of nitrogens with zero attached hydrogens (tertiary/aromatic N) is 1. The van der Waals surface area contributed by atoms with E-state index >= 15 is 0 Å². The summed E-state index contributed by atoms with van der Waals surface area (Å²) in [6, 6.07) is 11.4. The van der Waals surface area contributed by atoms with Gasteiger partial charge in [0.05, 0.1) is 4.90 Å². The molecule has 1 fully saturated rings. The maximum absolute atomic E-state index is 13.0. The fourth-order valence-electron chi connectivity index (χ4n) is 4.15. The number of halogens is 1. The molecule has 0 aromatic heterocycles. The molecule has 2 aromatic rings. The monoisotopic (exact) mass is 418 g/mol. The van der Waals surface area contributed by atoms with Crippen LogP contribution < -0.4 is 5.32 Å². The van der Waals surface area contributed by atoms with Gasteiger partial charge in [-0.1, -0.05) is 23.7 Å². The number of hydrogen-bond donors (Lipinski definition) is 1. The van der Waals surface area contributed by atoms with Gasteiger partial charge in [-0.2, -0.15) is 4.31 Å². The van der Waals surface area contributed by atoms with Crippen molar-refractivity contribution >= 4 is 33.2 Å². The first kappa shape index (κ1) is 19.4. The largest absolute Gasteiger partial charge is 0.324 e. The lowest BCUT2D eigenvalue weighted by atomic mass is 9.90. The number of aryl methyl sites for hydroxylation is 1. The van der Waals surface area contributed by atoms with E-state index in [1.54, 1.807) is 12.1 Å². The number of hydrogen-bond acceptors (Lipinski definition) is 3. The van der Waals surface area contributed by atoms with Gasteiger partial charge in [0.1, 0.15) is 6.04 Å². The summed E-state index contributed by atoms with van der Waals surface area (Å²) in [6.45, 7) is 0.343. The fraction of sp³-hybridized carbons (Fsp3) is 0.381. The van der Waals surface area contributed by atoms with E-state index in [1.807, 2.05) is 12.1 Å². The highest BCUT2D eigenvalue weighted by atomic mass is 35.5. The molecule has 2 aliphatic rings. The van der Waals surface area contributed by atoms with E-state index in [1.165, 1.54) is 34.0 Å². The molecule has 1 N–H and O–H groups in total. The minimum atomic E-state index is -3.75. The second-order valence-electron chi connectivity index (χ2n) is 7.37. The molecule has 5 nitrogen and oxygen atoms in total. The third-order valence-corrected chi connectivity index (χ3v) is 7.75. The van der Waals surface area contributed by atoms with Gasteiger partial charge in [0.15, 0.2) is 0 Å². The van der Waals surface area contributed by atoms with Gasteiger partial charge in [-0.25, -0.2) is 8.42 Å². The van der Waals surface area contributed by atoms with Crippen LogP contribution in [0.4, 0.5) is 5.69 Å². The number of rotatable bonds is 4. The van der Waals surface area contributed by atoms with E-state index in [0.717, 1.165) is 24.9 Å². The van der Waals surface area contributed by atoms with Crippen LogP contribution in [0, 0.1) is 0 Å². The number of carbonyl (C=O) groups excluding carboxylic acids is 1. The number of fused-ring (bicyclic) bond motifs is 1. The Labute approximate surface area is 170 Å². The number of sulfonamides is 1. The van der Waals surface area contributed by atoms with Gasteiger partial charge < -0.3 is 5.32 Å². The first-order valence-corrected chi connectivity index (χ1v) is 11.5. The molecule has 4 rings (SSSR count). The Kier molecular flexibility index (Phi) is 5.45. The van der Waals surface area contributed by atoms with E-state index in [4.69, 9.17) is 11.6 Å². The Hall–Kier alpha value is -1.89. The van der Waals surface area contributed by atoms with Crippen LogP contribution in [0.15, 0.2) is 47.4 Å². The van der Waals surface area contributed by atoms with Crippen molar-refractivity contribution in [1.82, 2.24) is 4.31 Å². The Bertz CT molecular complexity index is 989. The lowest BCUT2D eigenvalue weighted by Gasteiger charge is -2.25. The number of amides is 1. The van der Waals surface area contributed by atoms with Crippen LogP contribution in [0.25, 0.3) is 0 Å². The van der Waals surface area contributed by atoms with Gasteiger partial charge in [-0.05, 0) is 80.0 Å². The third-order valence-electron chi connectivity index (χ3n) is 5.58. The maximum Gasteiger partial charge on any atom is 0.243 e. The van der Waals surface area contributed by atoms with Crippen molar-refractivity contribution in [3.63, 3.8) is 0 Å². The van der Waals surface area contributed by atoms with E-state index in [2.05, 4.69) is 11.4 Å². The molecule has 1 aliphatic carbocycles. The number of benzene rings is 2. The summed E-state index contributed by atoms with van der Waals surface area (Å²) in [4.78, 5) is 13.2. The molecule has 28 heavy (non-hydrogen) atoms. The number of anilines is 1. The quantitative estimate of drug-likeness (QED) is 0.815. The summed E-state index contributed by atoms with van der Waals surface area (Å²) in [5, 5.41) is 3.48. The van der Waals surface area contributed by atoms with Gasteiger partial charge in [-0.3, -0.25) is 4.79 Å². The minimum absolute atomic E-state index is 0.161. The summed E-state index contributed by atoms with van der Waals surface area (Å²) in [5.74, 6) is -0.256. The van der Waals surface area contributed by atoms with Crippen LogP contribution in [-0.4, -0.2) is 31.2 Å². The third kappa shape index (κ3) is 3.69. The van der Waals surface area contributed by atoms with Crippen LogP contribution in [-0.2, 0) is 27.7 Å². The molecule has 1 atom stereocenters. The predicted octanol–water partition coefficient (Wildman–Crippen LogP) is 4.01. The molecule has 0 radical (unpaired) electrons. The van der Waals surface area contributed by atoms with Crippen LogP contribution in [0.2, 0.25) is 5.02 Å². The Morgan fingerprint density at radius 3 is 2.57 bits per heavy atom. The Morgan fingerprint density at radius 1 is 1.04 bits per heavy atom. The zero-order valence-electron chi connectivity index (χ0n) is 15.5. The van der Waals surface area contributed by atoms with Crippen molar-refractivity contribution in [2.24, 2.45) is 0 Å². The second kappa shape index (κ2) is 7.85. The van der Waals surface area contributed by atoms with Crippen molar-refractivity contribution < 1.29 is 13.2 Å². The van der Waals surface area contributed by atoms with Gasteiger partial charge >= 0.3 is 0 Å². The van der Waals surface area contributed by atoms with Crippen molar-refractivity contribution in [2.45, 2.75) is 49.5 Å². The van der Waals surface area contributed by atoms with Crippen LogP contribution in [0.3, 0.4) is 0 Å². The molecule has 0 unspecified atom stereocenters. The van der Waals surface area contributed by atoms with E-state index in [0.29, 0.717) is 24.4 Å².